The first kappa shape index (κ1) is 16.9. The van der Waals surface area contributed by atoms with E-state index in [9.17, 15) is 21.6 Å². The average molecular weight is 340 g/mol. The van der Waals surface area contributed by atoms with Crippen LogP contribution in [0.15, 0.2) is 29.2 Å². The van der Waals surface area contributed by atoms with E-state index in [1.807, 2.05) is 0 Å². The second kappa shape index (κ2) is 6.11. The molecule has 0 saturated heterocycles. The highest BCUT2D eigenvalue weighted by atomic mass is 35.7. The Kier molecular flexibility index (Phi) is 5.17. The van der Waals surface area contributed by atoms with Gasteiger partial charge in [-0.25, -0.2) is 16.8 Å². The van der Waals surface area contributed by atoms with Gasteiger partial charge in [-0.1, -0.05) is 6.07 Å². The minimum Gasteiger partial charge on any atom is -0.341 e. The maximum atomic E-state index is 12.0. The van der Waals surface area contributed by atoms with Crippen LogP contribution < -0.4 is 0 Å². The van der Waals surface area contributed by atoms with Gasteiger partial charge in [-0.15, -0.1) is 0 Å². The molecule has 0 unspecified atom stereocenters. The van der Waals surface area contributed by atoms with E-state index in [1.54, 1.807) is 0 Å². The highest BCUT2D eigenvalue weighted by Gasteiger charge is 2.17. The van der Waals surface area contributed by atoms with Crippen LogP contribution in [0.3, 0.4) is 0 Å². The summed E-state index contributed by atoms with van der Waals surface area (Å²) in [7, 11) is -0.448. The molecule has 0 aromatic heterocycles. The Balaban J connectivity index is 2.93. The van der Waals surface area contributed by atoms with E-state index >= 15 is 0 Å². The monoisotopic (exact) mass is 339 g/mol. The number of hydrogen-bond acceptors (Lipinski definition) is 5. The molecule has 0 atom stereocenters. The van der Waals surface area contributed by atoms with Gasteiger partial charge in [0.1, 0.15) is 9.84 Å². The Morgan fingerprint density at radius 3 is 2.35 bits per heavy atom. The molecule has 1 aromatic rings. The Hall–Kier alpha value is -1.12. The molecule has 112 valence electrons. The lowest BCUT2D eigenvalue weighted by molar-refractivity contribution is 0.0803. The molecule has 0 aliphatic rings. The SMILES string of the molecule is CN(CCS(C)(=O)=O)C(=O)c1cccc(S(=O)(=O)Cl)c1. The minimum absolute atomic E-state index is 0.0233. The lowest BCUT2D eigenvalue weighted by Crippen LogP contribution is -2.31. The van der Waals surface area contributed by atoms with Crippen LogP contribution in [0, 0.1) is 0 Å². The van der Waals surface area contributed by atoms with Gasteiger partial charge in [-0.05, 0) is 18.2 Å². The predicted molar refractivity (Wildman–Crippen MR) is 76.2 cm³/mol. The van der Waals surface area contributed by atoms with E-state index in [2.05, 4.69) is 0 Å². The molecule has 0 aliphatic carbocycles. The minimum atomic E-state index is -3.91. The van der Waals surface area contributed by atoms with Crippen LogP contribution >= 0.6 is 10.7 Å². The van der Waals surface area contributed by atoms with Crippen LogP contribution in [0.5, 0.6) is 0 Å². The van der Waals surface area contributed by atoms with Gasteiger partial charge >= 0.3 is 0 Å². The molecule has 0 heterocycles. The van der Waals surface area contributed by atoms with Gasteiger partial charge in [-0.2, -0.15) is 0 Å². The summed E-state index contributed by atoms with van der Waals surface area (Å²) in [5.41, 5.74) is 0.128. The molecule has 20 heavy (non-hydrogen) atoms. The highest BCUT2D eigenvalue weighted by molar-refractivity contribution is 8.13. The van der Waals surface area contributed by atoms with Crippen LogP contribution in [-0.2, 0) is 18.9 Å². The Bertz CT molecular complexity index is 712. The van der Waals surface area contributed by atoms with Crippen LogP contribution in [-0.4, -0.2) is 53.2 Å². The average Bonchev–Trinajstić information content (AvgIpc) is 2.33. The molecular weight excluding hydrogens is 326 g/mol. The van der Waals surface area contributed by atoms with Crippen molar-refractivity contribution in [1.82, 2.24) is 4.90 Å². The molecule has 0 aliphatic heterocycles. The number of nitrogens with zero attached hydrogens (tertiary/aromatic N) is 1. The van der Waals surface area contributed by atoms with Gasteiger partial charge in [0, 0.05) is 36.1 Å². The van der Waals surface area contributed by atoms with Crippen molar-refractivity contribution in [3.63, 3.8) is 0 Å². The van der Waals surface area contributed by atoms with Crippen LogP contribution in [0.25, 0.3) is 0 Å². The number of hydrogen-bond donors (Lipinski definition) is 0. The largest absolute Gasteiger partial charge is 0.341 e. The summed E-state index contributed by atoms with van der Waals surface area (Å²) >= 11 is 0. The quantitative estimate of drug-likeness (QED) is 0.738. The zero-order valence-corrected chi connectivity index (χ0v) is 13.3. The summed E-state index contributed by atoms with van der Waals surface area (Å²) < 4.78 is 44.5. The van der Waals surface area contributed by atoms with Gasteiger partial charge in [0.05, 0.1) is 10.6 Å². The normalized spacial score (nSPS) is 12.2. The molecule has 0 N–H and O–H groups in total. The fourth-order valence-electron chi connectivity index (χ4n) is 1.41. The van der Waals surface area contributed by atoms with Crippen molar-refractivity contribution in [3.8, 4) is 0 Å². The van der Waals surface area contributed by atoms with Gasteiger partial charge in [0.15, 0.2) is 0 Å². The van der Waals surface area contributed by atoms with Crippen LogP contribution in [0.2, 0.25) is 0 Å². The number of benzene rings is 1. The molecule has 6 nitrogen and oxygen atoms in total. The number of amides is 1. The van der Waals surface area contributed by atoms with E-state index in [1.165, 1.54) is 30.1 Å². The lowest BCUT2D eigenvalue weighted by atomic mass is 10.2. The highest BCUT2D eigenvalue weighted by Crippen LogP contribution is 2.17. The molecule has 1 aromatic carbocycles. The first-order chi connectivity index (χ1) is 9.00. The van der Waals surface area contributed by atoms with Crippen molar-refractivity contribution in [1.29, 1.82) is 0 Å². The molecular formula is C11H14ClNO5S2. The first-order valence-electron chi connectivity index (χ1n) is 5.48. The van der Waals surface area contributed by atoms with Crippen molar-refractivity contribution < 1.29 is 21.6 Å². The van der Waals surface area contributed by atoms with Crippen LogP contribution in [0.1, 0.15) is 10.4 Å². The number of rotatable bonds is 5. The Morgan fingerprint density at radius 1 is 1.25 bits per heavy atom. The van der Waals surface area contributed by atoms with E-state index in [-0.39, 0.29) is 22.8 Å². The van der Waals surface area contributed by atoms with Crippen molar-refractivity contribution in [2.24, 2.45) is 0 Å². The van der Waals surface area contributed by atoms with Crippen molar-refractivity contribution >= 4 is 35.5 Å². The molecule has 0 bridgehead atoms. The third kappa shape index (κ3) is 5.10. The van der Waals surface area contributed by atoms with Crippen LogP contribution in [0.4, 0.5) is 0 Å². The first-order valence-corrected chi connectivity index (χ1v) is 9.85. The maximum absolute atomic E-state index is 12.0. The van der Waals surface area contributed by atoms with Gasteiger partial charge in [0.25, 0.3) is 15.0 Å². The van der Waals surface area contributed by atoms with E-state index in [4.69, 9.17) is 10.7 Å². The molecule has 0 spiro atoms. The summed E-state index contributed by atoms with van der Waals surface area (Å²) in [6.45, 7) is 0.0233. The summed E-state index contributed by atoms with van der Waals surface area (Å²) in [6.07, 6.45) is 1.08. The molecule has 0 saturated carbocycles. The van der Waals surface area contributed by atoms with E-state index < -0.39 is 24.8 Å². The Labute approximate surface area is 122 Å². The second-order valence-electron chi connectivity index (χ2n) is 4.32. The summed E-state index contributed by atoms with van der Waals surface area (Å²) in [6, 6.07) is 5.26. The fraction of sp³-hybridized carbons (Fsp3) is 0.364. The zero-order chi connectivity index (χ0) is 15.6. The lowest BCUT2D eigenvalue weighted by Gasteiger charge is -2.16. The summed E-state index contributed by atoms with van der Waals surface area (Å²) in [4.78, 5) is 13.1. The number of carbonyl (C=O) groups is 1. The molecule has 0 radical (unpaired) electrons. The van der Waals surface area contributed by atoms with Gasteiger partial charge < -0.3 is 4.90 Å². The van der Waals surface area contributed by atoms with Crippen molar-refractivity contribution in [2.45, 2.75) is 4.90 Å². The number of carbonyl (C=O) groups excluding carboxylic acids is 1. The zero-order valence-electron chi connectivity index (χ0n) is 10.9. The molecule has 9 heteroatoms. The van der Waals surface area contributed by atoms with Gasteiger partial charge in [0.2, 0.25) is 0 Å². The molecule has 1 amide bonds. The third-order valence-corrected chi connectivity index (χ3v) is 4.78. The topological polar surface area (TPSA) is 88.6 Å². The fourth-order valence-corrected chi connectivity index (χ4v) is 2.81. The molecule has 1 rings (SSSR count). The van der Waals surface area contributed by atoms with E-state index in [0.717, 1.165) is 12.3 Å². The van der Waals surface area contributed by atoms with E-state index in [0.29, 0.717) is 0 Å². The summed E-state index contributed by atoms with van der Waals surface area (Å²) in [5.74, 6) is -0.640. The van der Waals surface area contributed by atoms with Gasteiger partial charge in [-0.3, -0.25) is 4.79 Å². The molecule has 0 fully saturated rings. The van der Waals surface area contributed by atoms with Crippen molar-refractivity contribution in [2.75, 3.05) is 25.6 Å². The maximum Gasteiger partial charge on any atom is 0.261 e. The predicted octanol–water partition coefficient (Wildman–Crippen LogP) is 0.731. The second-order valence-corrected chi connectivity index (χ2v) is 9.15. The summed E-state index contributed by atoms with van der Waals surface area (Å²) in [5, 5.41) is 0. The third-order valence-electron chi connectivity index (χ3n) is 2.51. The Morgan fingerprint density at radius 2 is 1.85 bits per heavy atom. The smallest absolute Gasteiger partial charge is 0.261 e. The number of sulfone groups is 1. The van der Waals surface area contributed by atoms with Crippen molar-refractivity contribution in [3.05, 3.63) is 29.8 Å². The standard InChI is InChI=1S/C11H14ClNO5S2/c1-13(6-7-19(2,15)16)11(14)9-4-3-5-10(8-9)20(12,17)18/h3-5,8H,6-7H2,1-2H3. The number of halogens is 1.